The topological polar surface area (TPSA) is 87.5 Å². The standard InChI is InChI=1S/C21H28N4O2/c1-4-25(5-2)18-9-10-19(15(3)11-18)24-21(27)20(26)23-14-17-8-6-7-16(12-17)13-22/h6-12H,4-5,13-14,22H2,1-3H3,(H,23,26)(H,24,27). The van der Waals surface area contributed by atoms with Crippen LogP contribution in [0.2, 0.25) is 0 Å². The number of hydrogen-bond donors (Lipinski definition) is 3. The minimum Gasteiger partial charge on any atom is -0.372 e. The van der Waals surface area contributed by atoms with Crippen LogP contribution in [0.5, 0.6) is 0 Å². The van der Waals surface area contributed by atoms with E-state index < -0.39 is 11.8 Å². The summed E-state index contributed by atoms with van der Waals surface area (Å²) in [7, 11) is 0. The van der Waals surface area contributed by atoms with E-state index in [0.717, 1.165) is 35.5 Å². The van der Waals surface area contributed by atoms with Crippen LogP contribution in [-0.4, -0.2) is 24.9 Å². The monoisotopic (exact) mass is 368 g/mol. The van der Waals surface area contributed by atoms with Crippen LogP contribution in [0.3, 0.4) is 0 Å². The predicted octanol–water partition coefficient (Wildman–Crippen LogP) is 2.55. The third-order valence-corrected chi connectivity index (χ3v) is 4.47. The molecule has 0 aliphatic rings. The van der Waals surface area contributed by atoms with Gasteiger partial charge in [-0.15, -0.1) is 0 Å². The molecule has 0 bridgehead atoms. The summed E-state index contributed by atoms with van der Waals surface area (Å²) < 4.78 is 0. The Bertz CT molecular complexity index is 801. The molecule has 4 N–H and O–H groups in total. The average Bonchev–Trinajstić information content (AvgIpc) is 2.69. The molecule has 2 amide bonds. The van der Waals surface area contributed by atoms with Crippen LogP contribution in [0.4, 0.5) is 11.4 Å². The van der Waals surface area contributed by atoms with E-state index in [4.69, 9.17) is 5.73 Å². The van der Waals surface area contributed by atoms with Crippen LogP contribution in [0.1, 0.15) is 30.5 Å². The zero-order valence-electron chi connectivity index (χ0n) is 16.2. The smallest absolute Gasteiger partial charge is 0.313 e. The van der Waals surface area contributed by atoms with Crippen LogP contribution >= 0.6 is 0 Å². The zero-order chi connectivity index (χ0) is 19.8. The molecule has 0 atom stereocenters. The highest BCUT2D eigenvalue weighted by atomic mass is 16.2. The van der Waals surface area contributed by atoms with Crippen molar-refractivity contribution in [3.8, 4) is 0 Å². The summed E-state index contributed by atoms with van der Waals surface area (Å²) in [4.78, 5) is 26.5. The number of carbonyl (C=O) groups is 2. The van der Waals surface area contributed by atoms with Gasteiger partial charge in [-0.1, -0.05) is 24.3 Å². The first-order valence-corrected chi connectivity index (χ1v) is 9.21. The Labute approximate surface area is 160 Å². The summed E-state index contributed by atoms with van der Waals surface area (Å²) in [5.74, 6) is -1.34. The first kappa shape index (κ1) is 20.5. The third-order valence-electron chi connectivity index (χ3n) is 4.47. The molecule has 6 heteroatoms. The number of rotatable bonds is 7. The van der Waals surface area contributed by atoms with Gasteiger partial charge in [-0.05, 0) is 55.7 Å². The summed E-state index contributed by atoms with van der Waals surface area (Å²) in [5, 5.41) is 5.32. The van der Waals surface area contributed by atoms with Gasteiger partial charge >= 0.3 is 11.8 Å². The molecule has 0 radical (unpaired) electrons. The van der Waals surface area contributed by atoms with Crippen molar-refractivity contribution in [3.05, 3.63) is 59.2 Å². The quantitative estimate of drug-likeness (QED) is 0.656. The third kappa shape index (κ3) is 5.56. The second kappa shape index (κ2) is 9.73. The maximum atomic E-state index is 12.2. The lowest BCUT2D eigenvalue weighted by Gasteiger charge is -2.22. The van der Waals surface area contributed by atoms with Crippen LogP contribution in [0, 0.1) is 6.92 Å². The molecule has 2 aromatic rings. The van der Waals surface area contributed by atoms with Gasteiger partial charge in [-0.3, -0.25) is 9.59 Å². The highest BCUT2D eigenvalue weighted by Gasteiger charge is 2.15. The van der Waals surface area contributed by atoms with E-state index in [0.29, 0.717) is 12.2 Å². The predicted molar refractivity (Wildman–Crippen MR) is 110 cm³/mol. The summed E-state index contributed by atoms with van der Waals surface area (Å²) in [5.41, 5.74) is 10.1. The number of nitrogens with zero attached hydrogens (tertiary/aromatic N) is 1. The number of anilines is 2. The van der Waals surface area contributed by atoms with E-state index in [-0.39, 0.29) is 6.54 Å². The number of benzene rings is 2. The molecule has 0 unspecified atom stereocenters. The number of amides is 2. The van der Waals surface area contributed by atoms with E-state index in [2.05, 4.69) is 29.4 Å². The first-order valence-electron chi connectivity index (χ1n) is 9.21. The lowest BCUT2D eigenvalue weighted by atomic mass is 10.1. The summed E-state index contributed by atoms with van der Waals surface area (Å²) in [6.45, 7) is 8.65. The molecule has 0 aromatic heterocycles. The van der Waals surface area contributed by atoms with Gasteiger partial charge in [-0.2, -0.15) is 0 Å². The van der Waals surface area contributed by atoms with Gasteiger partial charge in [0.25, 0.3) is 0 Å². The van der Waals surface area contributed by atoms with Crippen molar-refractivity contribution in [3.63, 3.8) is 0 Å². The van der Waals surface area contributed by atoms with Gasteiger partial charge < -0.3 is 21.3 Å². The Morgan fingerprint density at radius 2 is 1.70 bits per heavy atom. The van der Waals surface area contributed by atoms with E-state index in [1.165, 1.54) is 0 Å². The van der Waals surface area contributed by atoms with Crippen molar-refractivity contribution in [2.45, 2.75) is 33.9 Å². The van der Waals surface area contributed by atoms with Crippen molar-refractivity contribution in [1.29, 1.82) is 0 Å². The molecule has 0 saturated heterocycles. The second-order valence-electron chi connectivity index (χ2n) is 6.33. The Morgan fingerprint density at radius 3 is 2.33 bits per heavy atom. The molecular weight excluding hydrogens is 340 g/mol. The first-order chi connectivity index (χ1) is 13.0. The maximum Gasteiger partial charge on any atom is 0.313 e. The molecular formula is C21H28N4O2. The maximum absolute atomic E-state index is 12.2. The molecule has 144 valence electrons. The number of carbonyl (C=O) groups excluding carboxylic acids is 2. The lowest BCUT2D eigenvalue weighted by Crippen LogP contribution is -2.35. The van der Waals surface area contributed by atoms with E-state index in [1.54, 1.807) is 0 Å². The Kier molecular flexibility index (Phi) is 7.37. The minimum atomic E-state index is -0.677. The molecule has 0 aliphatic carbocycles. The van der Waals surface area contributed by atoms with Gasteiger partial charge in [-0.25, -0.2) is 0 Å². The molecule has 0 saturated carbocycles. The molecule has 0 spiro atoms. The van der Waals surface area contributed by atoms with E-state index in [1.807, 2.05) is 49.4 Å². The average molecular weight is 368 g/mol. The van der Waals surface area contributed by atoms with E-state index >= 15 is 0 Å². The van der Waals surface area contributed by atoms with Gasteiger partial charge in [0, 0.05) is 37.6 Å². The van der Waals surface area contributed by atoms with Gasteiger partial charge in [0.05, 0.1) is 0 Å². The molecule has 2 aromatic carbocycles. The van der Waals surface area contributed by atoms with Crippen molar-refractivity contribution in [2.75, 3.05) is 23.3 Å². The van der Waals surface area contributed by atoms with Crippen LogP contribution in [-0.2, 0) is 22.7 Å². The molecule has 0 aliphatic heterocycles. The Balaban J connectivity index is 1.96. The van der Waals surface area contributed by atoms with Crippen molar-refractivity contribution >= 4 is 23.2 Å². The number of nitrogens with one attached hydrogen (secondary N) is 2. The van der Waals surface area contributed by atoms with Crippen LogP contribution in [0.15, 0.2) is 42.5 Å². The molecule has 27 heavy (non-hydrogen) atoms. The van der Waals surface area contributed by atoms with Crippen LogP contribution in [0.25, 0.3) is 0 Å². The van der Waals surface area contributed by atoms with Crippen molar-refractivity contribution < 1.29 is 9.59 Å². The highest BCUT2D eigenvalue weighted by molar-refractivity contribution is 6.39. The van der Waals surface area contributed by atoms with E-state index in [9.17, 15) is 9.59 Å². The fourth-order valence-electron chi connectivity index (χ4n) is 2.88. The number of aryl methyl sites for hydroxylation is 1. The zero-order valence-corrected chi connectivity index (χ0v) is 16.2. The number of nitrogens with two attached hydrogens (primary N) is 1. The van der Waals surface area contributed by atoms with Gasteiger partial charge in [0.1, 0.15) is 0 Å². The fourth-order valence-corrected chi connectivity index (χ4v) is 2.88. The number of hydrogen-bond acceptors (Lipinski definition) is 4. The van der Waals surface area contributed by atoms with Gasteiger partial charge in [0.15, 0.2) is 0 Å². The fraction of sp³-hybridized carbons (Fsp3) is 0.333. The normalized spacial score (nSPS) is 10.4. The molecule has 0 fully saturated rings. The summed E-state index contributed by atoms with van der Waals surface area (Å²) in [6.07, 6.45) is 0. The summed E-state index contributed by atoms with van der Waals surface area (Å²) >= 11 is 0. The van der Waals surface area contributed by atoms with Crippen molar-refractivity contribution in [1.82, 2.24) is 5.32 Å². The SMILES string of the molecule is CCN(CC)c1ccc(NC(=O)C(=O)NCc2cccc(CN)c2)c(C)c1. The molecule has 6 nitrogen and oxygen atoms in total. The van der Waals surface area contributed by atoms with Crippen molar-refractivity contribution in [2.24, 2.45) is 5.73 Å². The van der Waals surface area contributed by atoms with Gasteiger partial charge in [0.2, 0.25) is 0 Å². The largest absolute Gasteiger partial charge is 0.372 e. The van der Waals surface area contributed by atoms with Crippen LogP contribution < -0.4 is 21.3 Å². The summed E-state index contributed by atoms with van der Waals surface area (Å²) in [6, 6.07) is 13.4. The minimum absolute atomic E-state index is 0.278. The molecule has 0 heterocycles. The second-order valence-corrected chi connectivity index (χ2v) is 6.33. The lowest BCUT2D eigenvalue weighted by molar-refractivity contribution is -0.136. The Hall–Kier alpha value is -2.86. The Morgan fingerprint density at radius 1 is 1.00 bits per heavy atom. The highest BCUT2D eigenvalue weighted by Crippen LogP contribution is 2.22. The molecule has 2 rings (SSSR count).